The molecule has 0 aromatic rings. The Kier molecular flexibility index (Phi) is 5.83. The maximum Gasteiger partial charge on any atom is 0.333 e. The maximum atomic E-state index is 11.2. The van der Waals surface area contributed by atoms with E-state index >= 15 is 0 Å². The lowest BCUT2D eigenvalue weighted by molar-refractivity contribution is -0.265. The molecule has 0 fully saturated rings. The number of esters is 1. The van der Waals surface area contributed by atoms with E-state index in [0.717, 1.165) is 0 Å². The van der Waals surface area contributed by atoms with Crippen molar-refractivity contribution < 1.29 is 19.7 Å². The number of carbonyl (C=O) groups excluding carboxylic acids is 1. The fraction of sp³-hybridized carbons (Fsp3) is 0.500. The molecule has 0 rings (SSSR count). The number of rotatable bonds is 5. The Labute approximate surface area is 83.8 Å². The Balaban J connectivity index is 3.95. The first-order valence-electron chi connectivity index (χ1n) is 4.30. The first-order valence-corrected chi connectivity index (χ1v) is 4.30. The van der Waals surface area contributed by atoms with Crippen molar-refractivity contribution in [2.24, 2.45) is 0 Å². The standard InChI is InChI=1S/C10H16O4/c1-5-7(2)10(11)13-6-8(3)9(4)14-12/h5,9,12H,3,6H2,1-2,4H3/b7-5-. The molecule has 1 atom stereocenters. The fourth-order valence-electron chi connectivity index (χ4n) is 0.582. The van der Waals surface area contributed by atoms with Gasteiger partial charge in [0.2, 0.25) is 0 Å². The molecule has 0 aliphatic heterocycles. The summed E-state index contributed by atoms with van der Waals surface area (Å²) in [7, 11) is 0. The normalized spacial score (nSPS) is 13.6. The van der Waals surface area contributed by atoms with Crippen molar-refractivity contribution in [1.29, 1.82) is 0 Å². The molecule has 0 aliphatic carbocycles. The smallest absolute Gasteiger partial charge is 0.333 e. The van der Waals surface area contributed by atoms with Crippen molar-refractivity contribution in [2.45, 2.75) is 26.9 Å². The molecular formula is C10H16O4. The van der Waals surface area contributed by atoms with Crippen LogP contribution < -0.4 is 0 Å². The van der Waals surface area contributed by atoms with Crippen LogP contribution in [0.1, 0.15) is 20.8 Å². The van der Waals surface area contributed by atoms with Crippen molar-refractivity contribution in [3.8, 4) is 0 Å². The summed E-state index contributed by atoms with van der Waals surface area (Å²) in [4.78, 5) is 15.2. The van der Waals surface area contributed by atoms with Crippen molar-refractivity contribution in [3.05, 3.63) is 23.8 Å². The molecule has 0 aliphatic rings. The van der Waals surface area contributed by atoms with Crippen LogP contribution in [0.4, 0.5) is 0 Å². The van der Waals surface area contributed by atoms with Crippen LogP contribution in [0.3, 0.4) is 0 Å². The van der Waals surface area contributed by atoms with E-state index in [2.05, 4.69) is 11.5 Å². The third-order valence-electron chi connectivity index (χ3n) is 1.88. The van der Waals surface area contributed by atoms with Gasteiger partial charge >= 0.3 is 5.97 Å². The monoisotopic (exact) mass is 200 g/mol. The Morgan fingerprint density at radius 1 is 1.64 bits per heavy atom. The number of allylic oxidation sites excluding steroid dienone is 1. The summed E-state index contributed by atoms with van der Waals surface area (Å²) in [6.07, 6.45) is 1.13. The molecule has 0 saturated carbocycles. The van der Waals surface area contributed by atoms with E-state index in [1.54, 1.807) is 26.8 Å². The number of hydrogen-bond acceptors (Lipinski definition) is 4. The van der Waals surface area contributed by atoms with Gasteiger partial charge in [0.05, 0.1) is 0 Å². The Morgan fingerprint density at radius 3 is 2.64 bits per heavy atom. The van der Waals surface area contributed by atoms with Crippen molar-refractivity contribution in [3.63, 3.8) is 0 Å². The molecule has 14 heavy (non-hydrogen) atoms. The molecule has 0 saturated heterocycles. The first kappa shape index (κ1) is 12.9. The van der Waals surface area contributed by atoms with Gasteiger partial charge in [0, 0.05) is 5.57 Å². The van der Waals surface area contributed by atoms with Crippen LogP contribution in [-0.2, 0) is 14.4 Å². The summed E-state index contributed by atoms with van der Waals surface area (Å²) in [5, 5.41) is 8.31. The summed E-state index contributed by atoms with van der Waals surface area (Å²) < 4.78 is 4.88. The predicted molar refractivity (Wildman–Crippen MR) is 52.7 cm³/mol. The molecule has 1 unspecified atom stereocenters. The lowest BCUT2D eigenvalue weighted by Gasteiger charge is -2.11. The van der Waals surface area contributed by atoms with E-state index in [1.807, 2.05) is 0 Å². The highest BCUT2D eigenvalue weighted by Crippen LogP contribution is 2.05. The molecule has 0 radical (unpaired) electrons. The second-order valence-electron chi connectivity index (χ2n) is 2.95. The molecule has 1 N–H and O–H groups in total. The zero-order valence-electron chi connectivity index (χ0n) is 8.74. The highest BCUT2D eigenvalue weighted by molar-refractivity contribution is 5.87. The lowest BCUT2D eigenvalue weighted by atomic mass is 10.2. The second kappa shape index (κ2) is 6.34. The molecule has 80 valence electrons. The van der Waals surface area contributed by atoms with Gasteiger partial charge in [-0.1, -0.05) is 12.7 Å². The van der Waals surface area contributed by atoms with Gasteiger partial charge in [-0.15, -0.1) is 0 Å². The Morgan fingerprint density at radius 2 is 2.21 bits per heavy atom. The summed E-state index contributed by atoms with van der Waals surface area (Å²) in [5.41, 5.74) is 1.04. The fourth-order valence-corrected chi connectivity index (χ4v) is 0.582. The van der Waals surface area contributed by atoms with Crippen LogP contribution in [0.25, 0.3) is 0 Å². The number of hydrogen-bond donors (Lipinski definition) is 1. The molecule has 4 heteroatoms. The van der Waals surface area contributed by atoms with Crippen LogP contribution in [0.15, 0.2) is 23.8 Å². The largest absolute Gasteiger partial charge is 0.458 e. The van der Waals surface area contributed by atoms with Gasteiger partial charge in [-0.2, -0.15) is 0 Å². The molecule has 4 nitrogen and oxygen atoms in total. The minimum Gasteiger partial charge on any atom is -0.458 e. The minimum absolute atomic E-state index is 0.0474. The highest BCUT2D eigenvalue weighted by Gasteiger charge is 2.10. The second-order valence-corrected chi connectivity index (χ2v) is 2.95. The highest BCUT2D eigenvalue weighted by atomic mass is 17.1. The van der Waals surface area contributed by atoms with Crippen LogP contribution in [0, 0.1) is 0 Å². The molecule has 0 aromatic carbocycles. The van der Waals surface area contributed by atoms with Crippen LogP contribution in [0.5, 0.6) is 0 Å². The molecule has 0 spiro atoms. The zero-order valence-corrected chi connectivity index (χ0v) is 8.74. The van der Waals surface area contributed by atoms with Crippen molar-refractivity contribution in [2.75, 3.05) is 6.61 Å². The van der Waals surface area contributed by atoms with E-state index in [-0.39, 0.29) is 6.61 Å². The van der Waals surface area contributed by atoms with E-state index in [9.17, 15) is 4.79 Å². The van der Waals surface area contributed by atoms with Crippen LogP contribution in [0.2, 0.25) is 0 Å². The number of ether oxygens (including phenoxy) is 1. The SMILES string of the molecule is C=C(COC(=O)/C(C)=C\C)C(C)OO. The predicted octanol–water partition coefficient (Wildman–Crippen LogP) is 1.93. The maximum absolute atomic E-state index is 11.2. The molecule has 0 heterocycles. The van der Waals surface area contributed by atoms with E-state index in [4.69, 9.17) is 9.99 Å². The van der Waals surface area contributed by atoms with Gasteiger partial charge < -0.3 is 4.74 Å². The van der Waals surface area contributed by atoms with E-state index < -0.39 is 12.1 Å². The molecule has 0 bridgehead atoms. The molecule has 0 aromatic heterocycles. The van der Waals surface area contributed by atoms with Crippen molar-refractivity contribution >= 4 is 5.97 Å². The Hall–Kier alpha value is -1.13. The van der Waals surface area contributed by atoms with E-state index in [1.165, 1.54) is 0 Å². The average Bonchev–Trinajstić information content (AvgIpc) is 2.22. The molecular weight excluding hydrogens is 184 g/mol. The lowest BCUT2D eigenvalue weighted by Crippen LogP contribution is -2.16. The van der Waals surface area contributed by atoms with Gasteiger partial charge in [-0.05, 0) is 26.3 Å². The van der Waals surface area contributed by atoms with Gasteiger partial charge in [0.25, 0.3) is 0 Å². The van der Waals surface area contributed by atoms with Crippen molar-refractivity contribution in [1.82, 2.24) is 0 Å². The zero-order chi connectivity index (χ0) is 11.1. The summed E-state index contributed by atoms with van der Waals surface area (Å²) in [6, 6.07) is 0. The van der Waals surface area contributed by atoms with E-state index in [0.29, 0.717) is 11.1 Å². The third-order valence-corrected chi connectivity index (χ3v) is 1.88. The van der Waals surface area contributed by atoms with Gasteiger partial charge in [0.15, 0.2) is 0 Å². The summed E-state index contributed by atoms with van der Waals surface area (Å²) in [6.45, 7) is 8.68. The van der Waals surface area contributed by atoms with Crippen LogP contribution in [-0.4, -0.2) is 23.9 Å². The molecule has 0 amide bonds. The van der Waals surface area contributed by atoms with Crippen LogP contribution >= 0.6 is 0 Å². The topological polar surface area (TPSA) is 55.8 Å². The Bertz CT molecular complexity index is 243. The minimum atomic E-state index is -0.534. The summed E-state index contributed by atoms with van der Waals surface area (Å²) in [5.74, 6) is -0.390. The average molecular weight is 200 g/mol. The number of carbonyl (C=O) groups is 1. The first-order chi connectivity index (χ1) is 6.52. The quantitative estimate of drug-likeness (QED) is 0.242. The van der Waals surface area contributed by atoms with Gasteiger partial charge in [0.1, 0.15) is 12.7 Å². The van der Waals surface area contributed by atoms with Gasteiger partial charge in [-0.3, -0.25) is 5.26 Å². The van der Waals surface area contributed by atoms with Gasteiger partial charge in [-0.25, -0.2) is 9.68 Å². The third kappa shape index (κ3) is 4.20. The summed E-state index contributed by atoms with van der Waals surface area (Å²) >= 11 is 0.